The fraction of sp³-hybridized carbons (Fsp3) is 0.562. The molecule has 1 amide bonds. The number of nitrogens with one attached hydrogen (secondary N) is 1. The summed E-state index contributed by atoms with van der Waals surface area (Å²) in [5, 5.41) is 3.46. The molecule has 1 fully saturated rings. The van der Waals surface area contributed by atoms with Crippen LogP contribution >= 0.6 is 0 Å². The van der Waals surface area contributed by atoms with E-state index in [0.717, 1.165) is 25.7 Å². The fourth-order valence-electron chi connectivity index (χ4n) is 2.62. The number of carbonyl (C=O) groups excluding carboxylic acids is 1. The Balaban J connectivity index is 2.09. The van der Waals surface area contributed by atoms with Gasteiger partial charge in [0.25, 0.3) is 0 Å². The van der Waals surface area contributed by atoms with Gasteiger partial charge in [-0.15, -0.1) is 0 Å². The number of hydrogen-bond acceptors (Lipinski definition) is 2. The lowest BCUT2D eigenvalue weighted by Crippen LogP contribution is -2.28. The number of likely N-dealkylation sites (N-methyl/N-ethyl adjacent to an activating group) is 1. The summed E-state index contributed by atoms with van der Waals surface area (Å²) in [4.78, 5) is 14.0. The molecule has 1 N–H and O–H groups in total. The van der Waals surface area contributed by atoms with E-state index in [9.17, 15) is 4.79 Å². The molecule has 2 rings (SSSR count). The van der Waals surface area contributed by atoms with Crippen molar-refractivity contribution in [2.45, 2.75) is 51.7 Å². The summed E-state index contributed by atoms with van der Waals surface area (Å²) in [5.74, 6) is 0.220. The van der Waals surface area contributed by atoms with E-state index in [1.807, 2.05) is 11.9 Å². The van der Waals surface area contributed by atoms with Crippen LogP contribution in [0.1, 0.15) is 50.4 Å². The molecule has 104 valence electrons. The van der Waals surface area contributed by atoms with E-state index in [4.69, 9.17) is 0 Å². The first kappa shape index (κ1) is 14.1. The number of benzene rings is 1. The van der Waals surface area contributed by atoms with Crippen LogP contribution in [0.4, 0.5) is 0 Å². The molecule has 1 aliphatic rings. The van der Waals surface area contributed by atoms with Gasteiger partial charge in [0.1, 0.15) is 6.17 Å². The molecule has 2 unspecified atom stereocenters. The van der Waals surface area contributed by atoms with Gasteiger partial charge >= 0.3 is 0 Å². The van der Waals surface area contributed by atoms with Gasteiger partial charge in [0.05, 0.1) is 6.04 Å². The van der Waals surface area contributed by atoms with E-state index in [-0.39, 0.29) is 18.1 Å². The lowest BCUT2D eigenvalue weighted by molar-refractivity contribution is -0.128. The Bertz CT molecular complexity index is 427. The van der Waals surface area contributed by atoms with Gasteiger partial charge in [-0.3, -0.25) is 10.1 Å². The third kappa shape index (κ3) is 2.98. The molecule has 0 saturated carbocycles. The molecule has 1 aromatic carbocycles. The zero-order valence-electron chi connectivity index (χ0n) is 12.1. The summed E-state index contributed by atoms with van der Waals surface area (Å²) in [6.07, 6.45) is 4.24. The largest absolute Gasteiger partial charge is 0.325 e. The summed E-state index contributed by atoms with van der Waals surface area (Å²) in [6, 6.07) is 8.54. The highest BCUT2D eigenvalue weighted by Crippen LogP contribution is 2.25. The molecule has 2 atom stereocenters. The van der Waals surface area contributed by atoms with Crippen LogP contribution in [0.3, 0.4) is 0 Å². The Hall–Kier alpha value is -1.35. The van der Waals surface area contributed by atoms with Gasteiger partial charge in [-0.05, 0) is 24.0 Å². The molecule has 1 heterocycles. The van der Waals surface area contributed by atoms with Crippen molar-refractivity contribution in [2.75, 3.05) is 7.05 Å². The number of amides is 1. The van der Waals surface area contributed by atoms with Crippen LogP contribution < -0.4 is 5.32 Å². The highest BCUT2D eigenvalue weighted by atomic mass is 16.2. The van der Waals surface area contributed by atoms with Crippen molar-refractivity contribution < 1.29 is 4.79 Å². The molecule has 3 nitrogen and oxygen atoms in total. The SMILES string of the molecule is CCCCC1NC(c2ccc(CC)cc2)N(C)C1=O. The summed E-state index contributed by atoms with van der Waals surface area (Å²) in [7, 11) is 1.89. The zero-order valence-corrected chi connectivity index (χ0v) is 12.1. The topological polar surface area (TPSA) is 32.3 Å². The predicted octanol–water partition coefficient (Wildman–Crippen LogP) is 2.87. The van der Waals surface area contributed by atoms with Gasteiger partial charge in [0, 0.05) is 7.05 Å². The minimum Gasteiger partial charge on any atom is -0.325 e. The first-order valence-corrected chi connectivity index (χ1v) is 7.29. The number of nitrogens with zero attached hydrogens (tertiary/aromatic N) is 1. The number of carbonyl (C=O) groups is 1. The molecular formula is C16H24N2O. The Morgan fingerprint density at radius 3 is 2.47 bits per heavy atom. The lowest BCUT2D eigenvalue weighted by atomic mass is 10.1. The van der Waals surface area contributed by atoms with Crippen LogP contribution in [0.5, 0.6) is 0 Å². The van der Waals surface area contributed by atoms with Gasteiger partial charge < -0.3 is 4.90 Å². The average molecular weight is 260 g/mol. The molecule has 1 aliphatic heterocycles. The van der Waals surface area contributed by atoms with Crippen molar-refractivity contribution in [1.29, 1.82) is 0 Å². The molecule has 1 saturated heterocycles. The van der Waals surface area contributed by atoms with Crippen molar-refractivity contribution in [3.8, 4) is 0 Å². The van der Waals surface area contributed by atoms with E-state index in [2.05, 4.69) is 43.4 Å². The third-order valence-corrected chi connectivity index (χ3v) is 3.94. The number of hydrogen-bond donors (Lipinski definition) is 1. The number of rotatable bonds is 5. The summed E-state index contributed by atoms with van der Waals surface area (Å²) >= 11 is 0. The second-order valence-electron chi connectivity index (χ2n) is 5.31. The maximum atomic E-state index is 12.2. The minimum absolute atomic E-state index is 0.0131. The molecule has 0 aliphatic carbocycles. The van der Waals surface area contributed by atoms with Crippen LogP contribution in [-0.4, -0.2) is 23.9 Å². The number of aryl methyl sites for hydroxylation is 1. The first-order chi connectivity index (χ1) is 9.17. The Morgan fingerprint density at radius 1 is 1.21 bits per heavy atom. The molecule has 1 aromatic rings. The molecule has 3 heteroatoms. The van der Waals surface area contributed by atoms with Gasteiger partial charge in [-0.2, -0.15) is 0 Å². The van der Waals surface area contributed by atoms with Crippen molar-refractivity contribution in [3.05, 3.63) is 35.4 Å². The second-order valence-corrected chi connectivity index (χ2v) is 5.31. The summed E-state index contributed by atoms with van der Waals surface area (Å²) in [5.41, 5.74) is 2.50. The third-order valence-electron chi connectivity index (χ3n) is 3.94. The van der Waals surface area contributed by atoms with Crippen molar-refractivity contribution in [2.24, 2.45) is 0 Å². The van der Waals surface area contributed by atoms with E-state index >= 15 is 0 Å². The van der Waals surface area contributed by atoms with E-state index in [1.165, 1.54) is 11.1 Å². The molecule has 0 aromatic heterocycles. The fourth-order valence-corrected chi connectivity index (χ4v) is 2.62. The average Bonchev–Trinajstić information content (AvgIpc) is 2.73. The van der Waals surface area contributed by atoms with Gasteiger partial charge in [-0.25, -0.2) is 0 Å². The normalized spacial score (nSPS) is 23.1. The van der Waals surface area contributed by atoms with Crippen LogP contribution in [-0.2, 0) is 11.2 Å². The van der Waals surface area contributed by atoms with Crippen molar-refractivity contribution in [1.82, 2.24) is 10.2 Å². The maximum absolute atomic E-state index is 12.2. The smallest absolute Gasteiger partial charge is 0.241 e. The van der Waals surface area contributed by atoms with Gasteiger partial charge in [0.2, 0.25) is 5.91 Å². The van der Waals surface area contributed by atoms with Crippen LogP contribution in [0, 0.1) is 0 Å². The zero-order chi connectivity index (χ0) is 13.8. The predicted molar refractivity (Wildman–Crippen MR) is 77.8 cm³/mol. The van der Waals surface area contributed by atoms with E-state index in [1.54, 1.807) is 0 Å². The Labute approximate surface area is 116 Å². The number of unbranched alkanes of at least 4 members (excludes halogenated alkanes) is 1. The molecule has 19 heavy (non-hydrogen) atoms. The quantitative estimate of drug-likeness (QED) is 0.883. The Morgan fingerprint density at radius 2 is 1.89 bits per heavy atom. The van der Waals surface area contributed by atoms with Gasteiger partial charge in [-0.1, -0.05) is 51.0 Å². The molecule has 0 spiro atoms. The second kappa shape index (κ2) is 6.20. The van der Waals surface area contributed by atoms with Crippen molar-refractivity contribution >= 4 is 5.91 Å². The van der Waals surface area contributed by atoms with Crippen LogP contribution in [0.15, 0.2) is 24.3 Å². The van der Waals surface area contributed by atoms with E-state index in [0.29, 0.717) is 0 Å². The minimum atomic E-state index is -0.0131. The van der Waals surface area contributed by atoms with Crippen molar-refractivity contribution in [3.63, 3.8) is 0 Å². The summed E-state index contributed by atoms with van der Waals surface area (Å²) < 4.78 is 0. The highest BCUT2D eigenvalue weighted by molar-refractivity contribution is 5.84. The first-order valence-electron chi connectivity index (χ1n) is 7.29. The molecular weight excluding hydrogens is 236 g/mol. The standard InChI is InChI=1S/C16H24N2O/c1-4-6-7-14-16(19)18(3)15(17-14)13-10-8-12(5-2)9-11-13/h8-11,14-15,17H,4-7H2,1-3H3. The highest BCUT2D eigenvalue weighted by Gasteiger charge is 2.36. The van der Waals surface area contributed by atoms with Crippen LogP contribution in [0.25, 0.3) is 0 Å². The maximum Gasteiger partial charge on any atom is 0.241 e. The van der Waals surface area contributed by atoms with E-state index < -0.39 is 0 Å². The lowest BCUT2D eigenvalue weighted by Gasteiger charge is -2.19. The molecule has 0 radical (unpaired) electrons. The monoisotopic (exact) mass is 260 g/mol. The van der Waals surface area contributed by atoms with Gasteiger partial charge in [0.15, 0.2) is 0 Å². The molecule has 0 bridgehead atoms. The summed E-state index contributed by atoms with van der Waals surface area (Å²) in [6.45, 7) is 4.31. The van der Waals surface area contributed by atoms with Crippen LogP contribution in [0.2, 0.25) is 0 Å². The Kier molecular flexibility index (Phi) is 4.59.